The molecule has 1 fully saturated rings. The lowest BCUT2D eigenvalue weighted by molar-refractivity contribution is 0.0340. The largest absolute Gasteiger partial charge is 0.451 e. The van der Waals surface area contributed by atoms with E-state index in [2.05, 4.69) is 0 Å². The molecule has 0 spiro atoms. The average molecular weight is 412 g/mol. The first kappa shape index (κ1) is 19.7. The summed E-state index contributed by atoms with van der Waals surface area (Å²) in [5.41, 5.74) is 0.870. The Labute approximate surface area is 173 Å². The topological polar surface area (TPSA) is 70.8 Å². The first-order chi connectivity index (χ1) is 14.0. The van der Waals surface area contributed by atoms with E-state index in [-0.39, 0.29) is 29.1 Å². The summed E-state index contributed by atoms with van der Waals surface area (Å²) >= 11 is 6.30. The number of benzene rings is 2. The lowest BCUT2D eigenvalue weighted by atomic mass is 9.74. The van der Waals surface area contributed by atoms with Gasteiger partial charge < -0.3 is 14.4 Å². The normalized spacial score (nSPS) is 16.1. The summed E-state index contributed by atoms with van der Waals surface area (Å²) in [6.45, 7) is 1.01. The van der Waals surface area contributed by atoms with Crippen molar-refractivity contribution in [3.63, 3.8) is 0 Å². The fourth-order valence-electron chi connectivity index (χ4n) is 3.99. The van der Waals surface area contributed by atoms with Gasteiger partial charge in [-0.1, -0.05) is 41.9 Å². The number of rotatable bonds is 4. The fourth-order valence-corrected chi connectivity index (χ4v) is 4.19. The Morgan fingerprint density at radius 1 is 1.10 bits per heavy atom. The number of carbonyl (C=O) groups is 1. The zero-order valence-corrected chi connectivity index (χ0v) is 16.7. The number of likely N-dealkylation sites (tertiary alicyclic amines) is 1. The number of hydrogen-bond donors (Lipinski definition) is 1. The molecule has 1 aliphatic rings. The van der Waals surface area contributed by atoms with Gasteiger partial charge in [-0.2, -0.15) is 0 Å². The molecular formula is C23H22ClNO4. The van der Waals surface area contributed by atoms with E-state index in [0.29, 0.717) is 48.3 Å². The Bertz CT molecular complexity index is 1100. The van der Waals surface area contributed by atoms with Crippen molar-refractivity contribution in [3.05, 3.63) is 81.2 Å². The van der Waals surface area contributed by atoms with E-state index in [1.54, 1.807) is 29.2 Å². The molecule has 2 heterocycles. The third kappa shape index (κ3) is 3.93. The molecule has 1 N–H and O–H groups in total. The minimum absolute atomic E-state index is 0.0330. The summed E-state index contributed by atoms with van der Waals surface area (Å²) in [7, 11) is 0. The third-order valence-corrected chi connectivity index (χ3v) is 6.18. The molecule has 150 valence electrons. The van der Waals surface area contributed by atoms with Crippen LogP contribution in [0.2, 0.25) is 5.02 Å². The fraction of sp³-hybridized carbons (Fsp3) is 0.304. The van der Waals surface area contributed by atoms with Gasteiger partial charge in [-0.15, -0.1) is 0 Å². The SMILES string of the molecule is O=C(c1cc(=O)c2ccccc2o1)N1CCC(CO)(Cc2ccccc2Cl)CC1. The van der Waals surface area contributed by atoms with Crippen molar-refractivity contribution >= 4 is 28.5 Å². The van der Waals surface area contributed by atoms with E-state index in [0.717, 1.165) is 5.56 Å². The van der Waals surface area contributed by atoms with Crippen molar-refractivity contribution in [2.75, 3.05) is 19.7 Å². The van der Waals surface area contributed by atoms with Crippen LogP contribution in [0.15, 0.2) is 63.8 Å². The molecule has 1 amide bonds. The summed E-state index contributed by atoms with van der Waals surface area (Å²) in [5, 5.41) is 11.2. The first-order valence-corrected chi connectivity index (χ1v) is 10.1. The monoisotopic (exact) mass is 411 g/mol. The summed E-state index contributed by atoms with van der Waals surface area (Å²) in [5.74, 6) is -0.242. The molecule has 1 saturated heterocycles. The van der Waals surface area contributed by atoms with E-state index in [4.69, 9.17) is 16.0 Å². The van der Waals surface area contributed by atoms with E-state index in [9.17, 15) is 14.7 Å². The third-order valence-electron chi connectivity index (χ3n) is 5.82. The number of para-hydroxylation sites is 1. The van der Waals surface area contributed by atoms with E-state index in [1.807, 2.05) is 24.3 Å². The van der Waals surface area contributed by atoms with Crippen molar-refractivity contribution in [1.29, 1.82) is 0 Å². The van der Waals surface area contributed by atoms with Gasteiger partial charge in [-0.3, -0.25) is 9.59 Å². The van der Waals surface area contributed by atoms with Gasteiger partial charge in [-0.25, -0.2) is 0 Å². The molecule has 1 aromatic heterocycles. The minimum atomic E-state index is -0.313. The van der Waals surface area contributed by atoms with Gasteiger partial charge in [-0.05, 0) is 43.0 Å². The van der Waals surface area contributed by atoms with Gasteiger partial charge in [0.15, 0.2) is 11.2 Å². The second-order valence-electron chi connectivity index (χ2n) is 7.69. The summed E-state index contributed by atoms with van der Waals surface area (Å²) in [4.78, 5) is 26.9. The number of aliphatic hydroxyl groups is 1. The smallest absolute Gasteiger partial charge is 0.289 e. The molecule has 0 radical (unpaired) electrons. The van der Waals surface area contributed by atoms with Crippen molar-refractivity contribution in [3.8, 4) is 0 Å². The molecule has 4 rings (SSSR count). The lowest BCUT2D eigenvalue weighted by Crippen LogP contribution is -2.45. The number of halogens is 1. The van der Waals surface area contributed by atoms with Crippen LogP contribution in [-0.4, -0.2) is 35.6 Å². The highest BCUT2D eigenvalue weighted by atomic mass is 35.5. The molecule has 3 aromatic rings. The van der Waals surface area contributed by atoms with Gasteiger partial charge in [0.2, 0.25) is 0 Å². The van der Waals surface area contributed by atoms with E-state index >= 15 is 0 Å². The maximum absolute atomic E-state index is 12.9. The molecule has 2 aromatic carbocycles. The zero-order chi connectivity index (χ0) is 20.4. The number of aliphatic hydroxyl groups excluding tert-OH is 1. The predicted octanol–water partition coefficient (Wildman–Crippen LogP) is 3.90. The molecule has 0 unspecified atom stereocenters. The van der Waals surface area contributed by atoms with Crippen molar-refractivity contribution in [2.45, 2.75) is 19.3 Å². The summed E-state index contributed by atoms with van der Waals surface area (Å²) < 4.78 is 5.69. The second kappa shape index (κ2) is 8.01. The van der Waals surface area contributed by atoms with E-state index in [1.165, 1.54) is 6.07 Å². The highest BCUT2D eigenvalue weighted by Gasteiger charge is 2.36. The highest BCUT2D eigenvalue weighted by molar-refractivity contribution is 6.31. The number of fused-ring (bicyclic) bond motifs is 1. The van der Waals surface area contributed by atoms with Crippen LogP contribution in [0.4, 0.5) is 0 Å². The van der Waals surface area contributed by atoms with Crippen LogP contribution in [0.5, 0.6) is 0 Å². The van der Waals surface area contributed by atoms with Gasteiger partial charge in [0.05, 0.1) is 5.39 Å². The summed E-state index contributed by atoms with van der Waals surface area (Å²) in [6.07, 6.45) is 1.97. The molecule has 0 bridgehead atoms. The van der Waals surface area contributed by atoms with Crippen LogP contribution >= 0.6 is 11.6 Å². The van der Waals surface area contributed by atoms with Crippen LogP contribution < -0.4 is 5.43 Å². The van der Waals surface area contributed by atoms with Crippen LogP contribution in [-0.2, 0) is 6.42 Å². The first-order valence-electron chi connectivity index (χ1n) is 9.68. The minimum Gasteiger partial charge on any atom is -0.451 e. The molecule has 0 saturated carbocycles. The second-order valence-corrected chi connectivity index (χ2v) is 8.10. The molecule has 0 atom stereocenters. The van der Waals surface area contributed by atoms with Gasteiger partial charge in [0.25, 0.3) is 5.91 Å². The van der Waals surface area contributed by atoms with Crippen LogP contribution in [0, 0.1) is 5.41 Å². The quantitative estimate of drug-likeness (QED) is 0.706. The Balaban J connectivity index is 1.51. The Hall–Kier alpha value is -2.63. The molecule has 0 aliphatic carbocycles. The van der Waals surface area contributed by atoms with Crippen molar-refractivity contribution < 1.29 is 14.3 Å². The van der Waals surface area contributed by atoms with Crippen molar-refractivity contribution in [1.82, 2.24) is 4.90 Å². The Kier molecular flexibility index (Phi) is 5.43. The molecule has 1 aliphatic heterocycles. The number of hydrogen-bond acceptors (Lipinski definition) is 4. The van der Waals surface area contributed by atoms with Gasteiger partial charge in [0, 0.05) is 36.2 Å². The number of amides is 1. The molecule has 29 heavy (non-hydrogen) atoms. The van der Waals surface area contributed by atoms with Gasteiger partial charge >= 0.3 is 0 Å². The predicted molar refractivity (Wildman–Crippen MR) is 112 cm³/mol. The number of piperidine rings is 1. The standard InChI is InChI=1S/C23H22ClNO4/c24-18-7-3-1-5-16(18)14-23(15-26)9-11-25(12-10-23)22(28)21-13-19(27)17-6-2-4-8-20(17)29-21/h1-8,13,26H,9-12,14-15H2. The van der Waals surface area contributed by atoms with Crippen LogP contribution in [0.3, 0.4) is 0 Å². The van der Waals surface area contributed by atoms with Crippen molar-refractivity contribution in [2.24, 2.45) is 5.41 Å². The summed E-state index contributed by atoms with van der Waals surface area (Å²) in [6, 6.07) is 15.8. The highest BCUT2D eigenvalue weighted by Crippen LogP contribution is 2.36. The maximum Gasteiger partial charge on any atom is 0.289 e. The zero-order valence-electron chi connectivity index (χ0n) is 15.9. The number of carbonyl (C=O) groups excluding carboxylic acids is 1. The Morgan fingerprint density at radius 3 is 2.52 bits per heavy atom. The van der Waals surface area contributed by atoms with Crippen LogP contribution in [0.1, 0.15) is 29.0 Å². The average Bonchev–Trinajstić information content (AvgIpc) is 2.75. The maximum atomic E-state index is 12.9. The molecular weight excluding hydrogens is 390 g/mol. The lowest BCUT2D eigenvalue weighted by Gasteiger charge is -2.40. The van der Waals surface area contributed by atoms with Crippen LogP contribution in [0.25, 0.3) is 11.0 Å². The molecule has 5 nitrogen and oxygen atoms in total. The Morgan fingerprint density at radius 2 is 1.79 bits per heavy atom. The van der Waals surface area contributed by atoms with E-state index < -0.39 is 0 Å². The number of nitrogens with zero attached hydrogens (tertiary/aromatic N) is 1. The molecule has 6 heteroatoms. The van der Waals surface area contributed by atoms with Gasteiger partial charge in [0.1, 0.15) is 5.58 Å².